The average Bonchev–Trinajstić information content (AvgIpc) is 3.32. The SMILES string of the molecule is C[C@H]1CCc2[nH]nc(-c3nc(-c4ccc5c(c4)OCO5)no3)c2C1. The van der Waals surface area contributed by atoms with Gasteiger partial charge in [-0.1, -0.05) is 12.1 Å². The van der Waals surface area contributed by atoms with E-state index in [4.69, 9.17) is 14.0 Å². The van der Waals surface area contributed by atoms with Gasteiger partial charge in [0.25, 0.3) is 5.89 Å². The molecule has 7 nitrogen and oxygen atoms in total. The molecule has 1 N–H and O–H groups in total. The topological polar surface area (TPSA) is 86.1 Å². The van der Waals surface area contributed by atoms with E-state index in [1.54, 1.807) is 0 Å². The molecule has 1 aromatic carbocycles. The molecular formula is C17H16N4O3. The van der Waals surface area contributed by atoms with E-state index in [1.165, 1.54) is 17.7 Å². The van der Waals surface area contributed by atoms with Crippen molar-refractivity contribution >= 4 is 0 Å². The lowest BCUT2D eigenvalue weighted by molar-refractivity contribution is 0.174. The van der Waals surface area contributed by atoms with Gasteiger partial charge in [0, 0.05) is 16.8 Å². The van der Waals surface area contributed by atoms with Gasteiger partial charge in [0.15, 0.2) is 17.2 Å². The third-order valence-corrected chi connectivity index (χ3v) is 4.65. The van der Waals surface area contributed by atoms with E-state index < -0.39 is 0 Å². The van der Waals surface area contributed by atoms with Crippen LogP contribution in [0, 0.1) is 5.92 Å². The summed E-state index contributed by atoms with van der Waals surface area (Å²) in [5.74, 6) is 3.05. The molecule has 5 rings (SSSR count). The van der Waals surface area contributed by atoms with Crippen LogP contribution in [0.1, 0.15) is 24.6 Å². The first kappa shape index (κ1) is 13.6. The van der Waals surface area contributed by atoms with E-state index in [0.717, 1.165) is 29.8 Å². The molecule has 0 amide bonds. The molecule has 0 unspecified atom stereocenters. The highest BCUT2D eigenvalue weighted by atomic mass is 16.7. The molecule has 1 aliphatic heterocycles. The largest absolute Gasteiger partial charge is 0.454 e. The molecule has 0 spiro atoms. The number of ether oxygens (including phenoxy) is 2. The van der Waals surface area contributed by atoms with Gasteiger partial charge in [-0.3, -0.25) is 5.10 Å². The molecule has 3 heterocycles. The molecule has 7 heteroatoms. The van der Waals surface area contributed by atoms with Crippen LogP contribution in [0.3, 0.4) is 0 Å². The smallest absolute Gasteiger partial charge is 0.279 e. The molecule has 0 bridgehead atoms. The Morgan fingerprint density at radius 2 is 2.12 bits per heavy atom. The Morgan fingerprint density at radius 1 is 1.21 bits per heavy atom. The lowest BCUT2D eigenvalue weighted by Gasteiger charge is -2.17. The minimum atomic E-state index is 0.244. The number of rotatable bonds is 2. The van der Waals surface area contributed by atoms with Crippen LogP contribution in [0.25, 0.3) is 23.0 Å². The zero-order valence-corrected chi connectivity index (χ0v) is 13.2. The fourth-order valence-corrected chi connectivity index (χ4v) is 3.32. The molecule has 1 aliphatic carbocycles. The summed E-state index contributed by atoms with van der Waals surface area (Å²) in [4.78, 5) is 4.52. The lowest BCUT2D eigenvalue weighted by Crippen LogP contribution is -2.10. The molecule has 24 heavy (non-hydrogen) atoms. The van der Waals surface area contributed by atoms with E-state index in [0.29, 0.717) is 23.4 Å². The van der Waals surface area contributed by atoms with Gasteiger partial charge in [-0.05, 0) is 43.4 Å². The zero-order valence-electron chi connectivity index (χ0n) is 13.2. The fraction of sp³-hybridized carbons (Fsp3) is 0.353. The predicted octanol–water partition coefficient (Wildman–Crippen LogP) is 2.98. The summed E-state index contributed by atoms with van der Waals surface area (Å²) in [7, 11) is 0. The molecular weight excluding hydrogens is 308 g/mol. The maximum absolute atomic E-state index is 5.47. The van der Waals surface area contributed by atoms with E-state index in [-0.39, 0.29) is 6.79 Å². The monoisotopic (exact) mass is 324 g/mol. The number of hydrogen-bond acceptors (Lipinski definition) is 6. The second-order valence-electron chi connectivity index (χ2n) is 6.37. The Morgan fingerprint density at radius 3 is 3.08 bits per heavy atom. The van der Waals surface area contributed by atoms with E-state index in [1.807, 2.05) is 18.2 Å². The molecule has 122 valence electrons. The van der Waals surface area contributed by atoms with Crippen molar-refractivity contribution in [3.63, 3.8) is 0 Å². The van der Waals surface area contributed by atoms with Crippen molar-refractivity contribution in [3.8, 4) is 34.5 Å². The summed E-state index contributed by atoms with van der Waals surface area (Å²) in [5.41, 5.74) is 3.99. The van der Waals surface area contributed by atoms with Crippen LogP contribution in [0.2, 0.25) is 0 Å². The molecule has 0 fully saturated rings. The third-order valence-electron chi connectivity index (χ3n) is 4.65. The van der Waals surface area contributed by atoms with Gasteiger partial charge in [-0.25, -0.2) is 0 Å². The molecule has 0 saturated heterocycles. The van der Waals surface area contributed by atoms with Gasteiger partial charge in [-0.2, -0.15) is 10.1 Å². The molecule has 2 aromatic heterocycles. The number of nitrogens with one attached hydrogen (secondary N) is 1. The van der Waals surface area contributed by atoms with Crippen LogP contribution in [0.5, 0.6) is 11.5 Å². The number of aromatic amines is 1. The van der Waals surface area contributed by atoms with Gasteiger partial charge in [0.05, 0.1) is 0 Å². The Bertz CT molecular complexity index is 914. The number of aromatic nitrogens is 4. The first-order valence-corrected chi connectivity index (χ1v) is 8.08. The van der Waals surface area contributed by atoms with Crippen LogP contribution < -0.4 is 9.47 Å². The van der Waals surface area contributed by atoms with Crippen molar-refractivity contribution in [2.75, 3.05) is 6.79 Å². The highest BCUT2D eigenvalue weighted by Crippen LogP contribution is 2.36. The van der Waals surface area contributed by atoms with Gasteiger partial charge in [0.1, 0.15) is 0 Å². The maximum atomic E-state index is 5.47. The standard InChI is InChI=1S/C17H16N4O3/c1-9-2-4-12-11(6-9)15(20-19-12)17-18-16(21-24-17)10-3-5-13-14(7-10)23-8-22-13/h3,5,7,9H,2,4,6,8H2,1H3,(H,19,20)/t9-/m0/s1. The van der Waals surface area contributed by atoms with Crippen molar-refractivity contribution in [2.24, 2.45) is 5.92 Å². The van der Waals surface area contributed by atoms with Crippen molar-refractivity contribution in [1.82, 2.24) is 20.3 Å². The fourth-order valence-electron chi connectivity index (χ4n) is 3.32. The number of fused-ring (bicyclic) bond motifs is 2. The summed E-state index contributed by atoms with van der Waals surface area (Å²) >= 11 is 0. The van der Waals surface area contributed by atoms with Gasteiger partial charge in [-0.15, -0.1) is 0 Å². The summed E-state index contributed by atoms with van der Waals surface area (Å²) in [6.07, 6.45) is 3.19. The van der Waals surface area contributed by atoms with Gasteiger partial charge < -0.3 is 14.0 Å². The van der Waals surface area contributed by atoms with Gasteiger partial charge in [0.2, 0.25) is 12.6 Å². The molecule has 1 atom stereocenters. The summed E-state index contributed by atoms with van der Waals surface area (Å²) in [5, 5.41) is 11.6. The van der Waals surface area contributed by atoms with Gasteiger partial charge >= 0.3 is 0 Å². The first-order chi connectivity index (χ1) is 11.8. The Kier molecular flexibility index (Phi) is 2.88. The average molecular weight is 324 g/mol. The Hall–Kier alpha value is -2.83. The number of H-pyrrole nitrogens is 1. The Labute approximate surface area is 138 Å². The molecule has 2 aliphatic rings. The number of benzene rings is 1. The second-order valence-corrected chi connectivity index (χ2v) is 6.37. The number of nitrogens with zero attached hydrogens (tertiary/aromatic N) is 3. The van der Waals surface area contributed by atoms with Crippen molar-refractivity contribution in [2.45, 2.75) is 26.2 Å². The highest BCUT2D eigenvalue weighted by molar-refractivity contribution is 5.64. The quantitative estimate of drug-likeness (QED) is 0.780. The highest BCUT2D eigenvalue weighted by Gasteiger charge is 2.25. The molecule has 0 saturated carbocycles. The molecule has 0 radical (unpaired) electrons. The second kappa shape index (κ2) is 5.09. The zero-order chi connectivity index (χ0) is 16.1. The third kappa shape index (κ3) is 2.08. The van der Waals surface area contributed by atoms with Crippen LogP contribution in [0.4, 0.5) is 0 Å². The Balaban J connectivity index is 1.51. The minimum Gasteiger partial charge on any atom is -0.454 e. The van der Waals surface area contributed by atoms with Crippen LogP contribution in [-0.2, 0) is 12.8 Å². The maximum Gasteiger partial charge on any atom is 0.279 e. The lowest BCUT2D eigenvalue weighted by atomic mass is 9.88. The van der Waals surface area contributed by atoms with E-state index in [2.05, 4.69) is 27.3 Å². The van der Waals surface area contributed by atoms with Crippen LogP contribution in [-0.4, -0.2) is 27.1 Å². The minimum absolute atomic E-state index is 0.244. The predicted molar refractivity (Wildman–Crippen MR) is 84.6 cm³/mol. The van der Waals surface area contributed by atoms with Crippen LogP contribution >= 0.6 is 0 Å². The van der Waals surface area contributed by atoms with Crippen LogP contribution in [0.15, 0.2) is 22.7 Å². The number of aryl methyl sites for hydroxylation is 1. The van der Waals surface area contributed by atoms with Crippen molar-refractivity contribution in [1.29, 1.82) is 0 Å². The molecule has 3 aromatic rings. The normalized spacial score (nSPS) is 18.6. The summed E-state index contributed by atoms with van der Waals surface area (Å²) in [6, 6.07) is 5.61. The number of hydrogen-bond donors (Lipinski definition) is 1. The van der Waals surface area contributed by atoms with E-state index >= 15 is 0 Å². The van der Waals surface area contributed by atoms with Crippen molar-refractivity contribution in [3.05, 3.63) is 29.5 Å². The van der Waals surface area contributed by atoms with Crippen molar-refractivity contribution < 1.29 is 14.0 Å². The summed E-state index contributed by atoms with van der Waals surface area (Å²) in [6.45, 7) is 2.50. The summed E-state index contributed by atoms with van der Waals surface area (Å²) < 4.78 is 16.2. The first-order valence-electron chi connectivity index (χ1n) is 8.08. The van der Waals surface area contributed by atoms with E-state index in [9.17, 15) is 0 Å².